The third kappa shape index (κ3) is 6.36. The molecule has 0 radical (unpaired) electrons. The highest BCUT2D eigenvalue weighted by Gasteiger charge is 2.21. The molecular formula is C25H30BrFN4O2. The molecule has 176 valence electrons. The molecule has 0 atom stereocenters. The zero-order valence-corrected chi connectivity index (χ0v) is 20.7. The number of nitrogens with zero attached hydrogens (tertiary/aromatic N) is 2. The molecule has 8 heteroatoms. The Morgan fingerprint density at radius 3 is 2.27 bits per heavy atom. The van der Waals surface area contributed by atoms with Crippen molar-refractivity contribution in [2.24, 2.45) is 0 Å². The highest BCUT2D eigenvalue weighted by molar-refractivity contribution is 9.10. The zero-order chi connectivity index (χ0) is 24.4. The van der Waals surface area contributed by atoms with Crippen LogP contribution in [-0.2, 0) is 0 Å². The van der Waals surface area contributed by atoms with Crippen molar-refractivity contribution in [2.75, 3.05) is 12.4 Å². The molecule has 0 aliphatic rings. The molecule has 0 saturated heterocycles. The molecule has 3 rings (SSSR count). The standard InChI is InChI=1S/C24H26BrFN4O.CH4O/c1-3-7-17(8-4-2)28-22-20(15-27)24(31)30(18-13-11-16(25)12-14-18)23(29-22)19-9-5-6-10-21(19)26;1-2/h5-6,9-15,17,27-28H,3-4,7-8H2,1-2H3;2H,1H3. The molecule has 3 aromatic rings. The zero-order valence-electron chi connectivity index (χ0n) is 19.1. The van der Waals surface area contributed by atoms with Gasteiger partial charge in [-0.3, -0.25) is 9.36 Å². The first-order valence-electron chi connectivity index (χ1n) is 10.9. The summed E-state index contributed by atoms with van der Waals surface area (Å²) < 4.78 is 17.0. The number of nitrogens with one attached hydrogen (secondary N) is 2. The molecule has 0 bridgehead atoms. The molecule has 0 amide bonds. The largest absolute Gasteiger partial charge is 0.400 e. The molecule has 0 unspecified atom stereocenters. The predicted octanol–water partition coefficient (Wildman–Crippen LogP) is 5.79. The highest BCUT2D eigenvalue weighted by atomic mass is 79.9. The van der Waals surface area contributed by atoms with E-state index < -0.39 is 11.4 Å². The summed E-state index contributed by atoms with van der Waals surface area (Å²) in [6, 6.07) is 13.5. The van der Waals surface area contributed by atoms with Gasteiger partial charge in [-0.05, 0) is 49.2 Å². The lowest BCUT2D eigenvalue weighted by atomic mass is 10.1. The summed E-state index contributed by atoms with van der Waals surface area (Å²) in [6.07, 6.45) is 4.81. The maximum atomic E-state index is 14.8. The van der Waals surface area contributed by atoms with Gasteiger partial charge in [0.2, 0.25) is 0 Å². The minimum atomic E-state index is -0.465. The molecule has 2 aromatic carbocycles. The van der Waals surface area contributed by atoms with Crippen molar-refractivity contribution in [2.45, 2.75) is 45.6 Å². The fraction of sp³-hybridized carbons (Fsp3) is 0.320. The minimum Gasteiger partial charge on any atom is -0.400 e. The summed E-state index contributed by atoms with van der Waals surface area (Å²) >= 11 is 3.40. The van der Waals surface area contributed by atoms with E-state index in [4.69, 9.17) is 10.5 Å². The highest BCUT2D eigenvalue weighted by Crippen LogP contribution is 2.26. The van der Waals surface area contributed by atoms with Gasteiger partial charge in [0.15, 0.2) is 5.82 Å². The molecule has 0 saturated carbocycles. The summed E-state index contributed by atoms with van der Waals surface area (Å²) in [5, 5.41) is 18.2. The van der Waals surface area contributed by atoms with Crippen LogP contribution in [-0.4, -0.2) is 34.0 Å². The third-order valence-corrected chi connectivity index (χ3v) is 5.61. The second-order valence-corrected chi connectivity index (χ2v) is 8.27. The Kier molecular flexibility index (Phi) is 10.4. The first-order chi connectivity index (χ1) is 16.0. The fourth-order valence-electron chi connectivity index (χ4n) is 3.61. The summed E-state index contributed by atoms with van der Waals surface area (Å²) in [4.78, 5) is 18.2. The molecule has 1 aromatic heterocycles. The summed E-state index contributed by atoms with van der Waals surface area (Å²) in [5.74, 6) is 0.0521. The van der Waals surface area contributed by atoms with Gasteiger partial charge >= 0.3 is 0 Å². The Hall–Kier alpha value is -2.84. The third-order valence-electron chi connectivity index (χ3n) is 5.08. The molecule has 3 N–H and O–H groups in total. The number of aromatic nitrogens is 2. The fourth-order valence-corrected chi connectivity index (χ4v) is 3.87. The SMILES string of the molecule is CCCC(CCC)Nc1nc(-c2ccccc2F)n(-c2ccc(Br)cc2)c(=O)c1C=N.CO. The van der Waals surface area contributed by atoms with E-state index in [1.807, 2.05) is 12.1 Å². The van der Waals surface area contributed by atoms with Gasteiger partial charge in [0.25, 0.3) is 5.56 Å². The van der Waals surface area contributed by atoms with Gasteiger partial charge < -0.3 is 15.8 Å². The number of hydrogen-bond acceptors (Lipinski definition) is 5. The normalized spacial score (nSPS) is 10.5. The average molecular weight is 517 g/mol. The van der Waals surface area contributed by atoms with Gasteiger partial charge in [-0.1, -0.05) is 54.8 Å². The van der Waals surface area contributed by atoms with Gasteiger partial charge in [0.05, 0.1) is 11.3 Å². The topological polar surface area (TPSA) is 91.0 Å². The van der Waals surface area contributed by atoms with Gasteiger partial charge in [-0.25, -0.2) is 9.37 Å². The number of aliphatic hydroxyl groups is 1. The minimum absolute atomic E-state index is 0.123. The van der Waals surface area contributed by atoms with E-state index in [0.717, 1.165) is 43.5 Å². The van der Waals surface area contributed by atoms with Crippen molar-refractivity contribution in [3.05, 3.63) is 74.7 Å². The van der Waals surface area contributed by atoms with E-state index in [2.05, 4.69) is 40.1 Å². The van der Waals surface area contributed by atoms with E-state index in [-0.39, 0.29) is 23.0 Å². The van der Waals surface area contributed by atoms with Gasteiger partial charge in [0.1, 0.15) is 17.2 Å². The van der Waals surface area contributed by atoms with Crippen LogP contribution in [0.4, 0.5) is 10.2 Å². The van der Waals surface area contributed by atoms with Crippen LogP contribution in [0.5, 0.6) is 0 Å². The number of halogens is 2. The Bertz CT molecular complexity index is 1110. The van der Waals surface area contributed by atoms with Gasteiger partial charge in [-0.2, -0.15) is 0 Å². The van der Waals surface area contributed by atoms with Crippen LogP contribution < -0.4 is 10.9 Å². The average Bonchev–Trinajstić information content (AvgIpc) is 2.82. The van der Waals surface area contributed by atoms with Crippen LogP contribution in [0.25, 0.3) is 17.1 Å². The monoisotopic (exact) mass is 516 g/mol. The van der Waals surface area contributed by atoms with E-state index in [1.54, 1.807) is 30.3 Å². The smallest absolute Gasteiger partial charge is 0.269 e. The van der Waals surface area contributed by atoms with Crippen molar-refractivity contribution in [3.63, 3.8) is 0 Å². The molecular weight excluding hydrogens is 487 g/mol. The Morgan fingerprint density at radius 2 is 1.73 bits per heavy atom. The molecule has 33 heavy (non-hydrogen) atoms. The molecule has 6 nitrogen and oxygen atoms in total. The Labute approximate surface area is 202 Å². The molecule has 1 heterocycles. The van der Waals surface area contributed by atoms with Crippen molar-refractivity contribution in [3.8, 4) is 17.1 Å². The van der Waals surface area contributed by atoms with Crippen LogP contribution in [0.15, 0.2) is 57.8 Å². The number of anilines is 1. The molecule has 0 aliphatic carbocycles. The van der Waals surface area contributed by atoms with Crippen molar-refractivity contribution in [1.82, 2.24) is 9.55 Å². The van der Waals surface area contributed by atoms with Crippen molar-refractivity contribution < 1.29 is 9.50 Å². The van der Waals surface area contributed by atoms with Gasteiger partial charge in [0, 0.05) is 23.8 Å². The number of benzene rings is 2. The van der Waals surface area contributed by atoms with Crippen LogP contribution in [0.2, 0.25) is 0 Å². The van der Waals surface area contributed by atoms with Crippen LogP contribution in [0.1, 0.15) is 45.1 Å². The number of hydrogen-bond donors (Lipinski definition) is 3. The molecule has 0 aliphatic heterocycles. The van der Waals surface area contributed by atoms with E-state index >= 15 is 0 Å². The predicted molar refractivity (Wildman–Crippen MR) is 136 cm³/mol. The lowest BCUT2D eigenvalue weighted by molar-refractivity contribution is 0.399. The van der Waals surface area contributed by atoms with Gasteiger partial charge in [-0.15, -0.1) is 0 Å². The second kappa shape index (κ2) is 13.0. The summed E-state index contributed by atoms with van der Waals surface area (Å²) in [7, 11) is 1.00. The second-order valence-electron chi connectivity index (χ2n) is 7.36. The first kappa shape index (κ1) is 26.4. The van der Waals surface area contributed by atoms with Crippen molar-refractivity contribution >= 4 is 28.0 Å². The summed E-state index contributed by atoms with van der Waals surface area (Å²) in [5.41, 5.74) is 0.511. The summed E-state index contributed by atoms with van der Waals surface area (Å²) in [6.45, 7) is 4.21. The van der Waals surface area contributed by atoms with E-state index in [1.165, 1.54) is 10.6 Å². The lowest BCUT2D eigenvalue weighted by Gasteiger charge is -2.22. The van der Waals surface area contributed by atoms with E-state index in [9.17, 15) is 9.18 Å². The maximum Gasteiger partial charge on any atom is 0.269 e. The first-order valence-corrected chi connectivity index (χ1v) is 11.7. The van der Waals surface area contributed by atoms with Crippen LogP contribution in [0, 0.1) is 11.2 Å². The maximum absolute atomic E-state index is 14.8. The quantitative estimate of drug-likeness (QED) is 0.314. The van der Waals surface area contributed by atoms with Crippen molar-refractivity contribution in [1.29, 1.82) is 5.41 Å². The number of rotatable bonds is 9. The van der Waals surface area contributed by atoms with Crippen LogP contribution >= 0.6 is 15.9 Å². The molecule has 0 spiro atoms. The Morgan fingerprint density at radius 1 is 1.12 bits per heavy atom. The van der Waals surface area contributed by atoms with E-state index in [0.29, 0.717) is 11.5 Å². The Balaban J connectivity index is 0.00000187. The lowest BCUT2D eigenvalue weighted by Crippen LogP contribution is -2.30. The number of aliphatic hydroxyl groups excluding tert-OH is 1. The molecule has 0 fully saturated rings. The van der Waals surface area contributed by atoms with Crippen LogP contribution in [0.3, 0.4) is 0 Å².